The standard InChI is InChI=1S/C29H27N3O3/c33-27(22-35-26-16-8-3-9-17-26)32(21-23-11-4-1-5-12-23)28(25-14-6-2-7-15-25)29(34)31-20-24-13-10-18-30-19-24/h1-19,28H,20-22H2,(H,31,34)/t28-/m0/s1. The molecule has 0 saturated carbocycles. The number of para-hydroxylation sites is 1. The van der Waals surface area contributed by atoms with Gasteiger partial charge in [0.05, 0.1) is 0 Å². The van der Waals surface area contributed by atoms with Crippen LogP contribution in [-0.4, -0.2) is 28.3 Å². The molecule has 0 bridgehead atoms. The fourth-order valence-corrected chi connectivity index (χ4v) is 3.75. The van der Waals surface area contributed by atoms with E-state index in [-0.39, 0.29) is 25.0 Å². The van der Waals surface area contributed by atoms with Gasteiger partial charge in [-0.2, -0.15) is 0 Å². The Bertz CT molecular complexity index is 1200. The maximum absolute atomic E-state index is 13.6. The lowest BCUT2D eigenvalue weighted by molar-refractivity contribution is -0.143. The van der Waals surface area contributed by atoms with Crippen LogP contribution in [-0.2, 0) is 22.7 Å². The van der Waals surface area contributed by atoms with Gasteiger partial charge in [-0.3, -0.25) is 14.6 Å². The van der Waals surface area contributed by atoms with Gasteiger partial charge in [-0.05, 0) is 34.9 Å². The van der Waals surface area contributed by atoms with Crippen LogP contribution in [0.3, 0.4) is 0 Å². The number of hydrogen-bond donors (Lipinski definition) is 1. The van der Waals surface area contributed by atoms with E-state index in [0.717, 1.165) is 16.7 Å². The summed E-state index contributed by atoms with van der Waals surface area (Å²) in [5, 5.41) is 2.98. The third-order valence-electron chi connectivity index (χ3n) is 5.49. The van der Waals surface area contributed by atoms with Crippen molar-refractivity contribution in [1.82, 2.24) is 15.2 Å². The molecule has 0 saturated heterocycles. The van der Waals surface area contributed by atoms with Crippen molar-refractivity contribution in [3.8, 4) is 5.75 Å². The van der Waals surface area contributed by atoms with Crippen LogP contribution in [0.5, 0.6) is 5.75 Å². The predicted octanol–water partition coefficient (Wildman–Crippen LogP) is 4.55. The Morgan fingerprint density at radius 1 is 0.800 bits per heavy atom. The van der Waals surface area contributed by atoms with Gasteiger partial charge in [0.2, 0.25) is 5.91 Å². The van der Waals surface area contributed by atoms with E-state index in [1.807, 2.05) is 91.0 Å². The Morgan fingerprint density at radius 3 is 2.09 bits per heavy atom. The molecule has 0 radical (unpaired) electrons. The van der Waals surface area contributed by atoms with Gasteiger partial charge in [0.1, 0.15) is 11.8 Å². The normalized spacial score (nSPS) is 11.3. The molecule has 1 heterocycles. The molecule has 6 nitrogen and oxygen atoms in total. The van der Waals surface area contributed by atoms with E-state index in [1.165, 1.54) is 0 Å². The minimum atomic E-state index is -0.833. The Kier molecular flexibility index (Phi) is 8.22. The maximum Gasteiger partial charge on any atom is 0.261 e. The number of pyridine rings is 1. The molecule has 1 N–H and O–H groups in total. The van der Waals surface area contributed by atoms with Gasteiger partial charge in [-0.15, -0.1) is 0 Å². The van der Waals surface area contributed by atoms with Crippen LogP contribution >= 0.6 is 0 Å². The number of hydrogen-bond acceptors (Lipinski definition) is 4. The minimum absolute atomic E-state index is 0.184. The SMILES string of the molecule is O=C(NCc1cccnc1)[C@H](c1ccccc1)N(Cc1ccccc1)C(=O)COc1ccccc1. The second kappa shape index (κ2) is 12.1. The second-order valence-electron chi connectivity index (χ2n) is 8.00. The second-order valence-corrected chi connectivity index (χ2v) is 8.00. The number of benzene rings is 3. The Balaban J connectivity index is 1.61. The van der Waals surface area contributed by atoms with E-state index in [0.29, 0.717) is 12.3 Å². The van der Waals surface area contributed by atoms with Crippen LogP contribution in [0.4, 0.5) is 0 Å². The molecule has 0 unspecified atom stereocenters. The van der Waals surface area contributed by atoms with Crippen LogP contribution < -0.4 is 10.1 Å². The molecule has 6 heteroatoms. The highest BCUT2D eigenvalue weighted by Crippen LogP contribution is 2.24. The van der Waals surface area contributed by atoms with Crippen molar-refractivity contribution in [1.29, 1.82) is 0 Å². The largest absolute Gasteiger partial charge is 0.484 e. The molecule has 4 rings (SSSR count). The third kappa shape index (κ3) is 6.77. The van der Waals surface area contributed by atoms with E-state index in [1.54, 1.807) is 29.4 Å². The molecule has 0 spiro atoms. The number of rotatable bonds is 10. The van der Waals surface area contributed by atoms with Crippen molar-refractivity contribution in [2.45, 2.75) is 19.1 Å². The smallest absolute Gasteiger partial charge is 0.261 e. The topological polar surface area (TPSA) is 71.5 Å². The first kappa shape index (κ1) is 23.7. The number of carbonyl (C=O) groups excluding carboxylic acids is 2. The number of carbonyl (C=O) groups is 2. The Labute approximate surface area is 205 Å². The number of aromatic nitrogens is 1. The monoisotopic (exact) mass is 465 g/mol. The highest BCUT2D eigenvalue weighted by Gasteiger charge is 2.31. The molecule has 35 heavy (non-hydrogen) atoms. The van der Waals surface area contributed by atoms with E-state index in [2.05, 4.69) is 10.3 Å². The molecule has 2 amide bonds. The van der Waals surface area contributed by atoms with Crippen molar-refractivity contribution in [2.75, 3.05) is 6.61 Å². The van der Waals surface area contributed by atoms with Gasteiger partial charge in [0.15, 0.2) is 6.61 Å². The van der Waals surface area contributed by atoms with Crippen LogP contribution in [0.25, 0.3) is 0 Å². The summed E-state index contributed by atoms with van der Waals surface area (Å²) in [4.78, 5) is 32.8. The van der Waals surface area contributed by atoms with Crippen LogP contribution in [0.1, 0.15) is 22.7 Å². The highest BCUT2D eigenvalue weighted by atomic mass is 16.5. The van der Waals surface area contributed by atoms with Crippen molar-refractivity contribution in [3.05, 3.63) is 132 Å². The van der Waals surface area contributed by atoms with Crippen LogP contribution in [0.15, 0.2) is 116 Å². The summed E-state index contributed by atoms with van der Waals surface area (Å²) >= 11 is 0. The summed E-state index contributed by atoms with van der Waals surface area (Å²) in [5.41, 5.74) is 2.52. The molecule has 0 aliphatic carbocycles. The van der Waals surface area contributed by atoms with Gasteiger partial charge in [0.25, 0.3) is 5.91 Å². The minimum Gasteiger partial charge on any atom is -0.484 e. The van der Waals surface area contributed by atoms with Crippen molar-refractivity contribution in [3.63, 3.8) is 0 Å². The van der Waals surface area contributed by atoms with E-state index < -0.39 is 6.04 Å². The Morgan fingerprint density at radius 2 is 1.43 bits per heavy atom. The van der Waals surface area contributed by atoms with Gasteiger partial charge in [-0.1, -0.05) is 84.9 Å². The van der Waals surface area contributed by atoms with Crippen molar-refractivity contribution in [2.24, 2.45) is 0 Å². The summed E-state index contributed by atoms with van der Waals surface area (Å²) in [6.45, 7) is 0.387. The molecule has 0 aliphatic heterocycles. The zero-order valence-electron chi connectivity index (χ0n) is 19.3. The molecule has 3 aromatic carbocycles. The summed E-state index contributed by atoms with van der Waals surface area (Å²) in [6, 6.07) is 31.0. The molecular formula is C29H27N3O3. The Hall–Kier alpha value is -4.45. The predicted molar refractivity (Wildman–Crippen MR) is 134 cm³/mol. The van der Waals surface area contributed by atoms with Gasteiger partial charge in [-0.25, -0.2) is 0 Å². The zero-order valence-corrected chi connectivity index (χ0v) is 19.3. The molecule has 1 atom stereocenters. The molecular weight excluding hydrogens is 438 g/mol. The number of ether oxygens (including phenoxy) is 1. The first-order valence-electron chi connectivity index (χ1n) is 11.4. The molecule has 176 valence electrons. The van der Waals surface area contributed by atoms with Crippen molar-refractivity contribution < 1.29 is 14.3 Å². The van der Waals surface area contributed by atoms with E-state index >= 15 is 0 Å². The fraction of sp³-hybridized carbons (Fsp3) is 0.138. The maximum atomic E-state index is 13.6. The summed E-state index contributed by atoms with van der Waals surface area (Å²) in [5.74, 6) is 0.0323. The van der Waals surface area contributed by atoms with E-state index in [9.17, 15) is 9.59 Å². The summed E-state index contributed by atoms with van der Waals surface area (Å²) in [7, 11) is 0. The third-order valence-corrected chi connectivity index (χ3v) is 5.49. The summed E-state index contributed by atoms with van der Waals surface area (Å²) in [6.07, 6.45) is 3.39. The molecule has 4 aromatic rings. The lowest BCUT2D eigenvalue weighted by atomic mass is 10.0. The number of nitrogens with one attached hydrogen (secondary N) is 1. The lowest BCUT2D eigenvalue weighted by Crippen LogP contribution is -2.45. The first-order chi connectivity index (χ1) is 17.2. The number of nitrogens with zero attached hydrogens (tertiary/aromatic N) is 2. The average Bonchev–Trinajstić information content (AvgIpc) is 2.92. The van der Waals surface area contributed by atoms with E-state index in [4.69, 9.17) is 4.74 Å². The average molecular weight is 466 g/mol. The van der Waals surface area contributed by atoms with Gasteiger partial charge >= 0.3 is 0 Å². The zero-order chi connectivity index (χ0) is 24.3. The summed E-state index contributed by atoms with van der Waals surface area (Å²) < 4.78 is 5.75. The van der Waals surface area contributed by atoms with Gasteiger partial charge in [0, 0.05) is 25.5 Å². The molecule has 0 fully saturated rings. The first-order valence-corrected chi connectivity index (χ1v) is 11.4. The number of amides is 2. The van der Waals surface area contributed by atoms with Gasteiger partial charge < -0.3 is 15.0 Å². The lowest BCUT2D eigenvalue weighted by Gasteiger charge is -2.31. The van der Waals surface area contributed by atoms with Crippen molar-refractivity contribution >= 4 is 11.8 Å². The van der Waals surface area contributed by atoms with Crippen LogP contribution in [0, 0.1) is 0 Å². The quantitative estimate of drug-likeness (QED) is 0.373. The van der Waals surface area contributed by atoms with Crippen LogP contribution in [0.2, 0.25) is 0 Å². The molecule has 0 aliphatic rings. The highest BCUT2D eigenvalue weighted by molar-refractivity contribution is 5.89. The fourth-order valence-electron chi connectivity index (χ4n) is 3.75. The molecule has 1 aromatic heterocycles.